The highest BCUT2D eigenvalue weighted by Crippen LogP contribution is 2.40. The van der Waals surface area contributed by atoms with Crippen molar-refractivity contribution in [3.63, 3.8) is 0 Å². The largest absolute Gasteiger partial charge is 0.371 e. The molecule has 0 saturated heterocycles. The van der Waals surface area contributed by atoms with Gasteiger partial charge in [0.1, 0.15) is 5.82 Å². The molecule has 1 aliphatic rings. The smallest absolute Gasteiger partial charge is 0.125 e. The van der Waals surface area contributed by atoms with Gasteiger partial charge in [-0.15, -0.1) is 0 Å². The van der Waals surface area contributed by atoms with E-state index in [9.17, 15) is 0 Å². The number of rotatable bonds is 3. The van der Waals surface area contributed by atoms with Crippen molar-refractivity contribution < 1.29 is 0 Å². The molecule has 3 heteroatoms. The van der Waals surface area contributed by atoms with Crippen molar-refractivity contribution in [2.75, 3.05) is 11.9 Å². The Morgan fingerprint density at radius 3 is 2.60 bits per heavy atom. The van der Waals surface area contributed by atoms with Crippen LogP contribution in [-0.4, -0.2) is 16.3 Å². The van der Waals surface area contributed by atoms with E-state index in [1.54, 1.807) is 0 Å². The number of hydrogen-bond acceptors (Lipinski definition) is 2. The topological polar surface area (TPSA) is 29.9 Å². The van der Waals surface area contributed by atoms with Gasteiger partial charge in [-0.1, -0.05) is 0 Å². The van der Waals surface area contributed by atoms with Crippen LogP contribution in [0.2, 0.25) is 0 Å². The van der Waals surface area contributed by atoms with Crippen LogP contribution in [0.15, 0.2) is 6.07 Å². The molecule has 2 rings (SSSR count). The molecule has 0 spiro atoms. The molecule has 1 heterocycles. The number of nitrogens with one attached hydrogen (secondary N) is 1. The minimum atomic E-state index is 0.0602. The first-order chi connectivity index (χ1) is 7.02. The lowest BCUT2D eigenvalue weighted by atomic mass is 10.1. The SMILES string of the molecule is CCNc1cc(C2CC2)nn1C(C)(C)C. The van der Waals surface area contributed by atoms with E-state index in [2.05, 4.69) is 43.8 Å². The minimum Gasteiger partial charge on any atom is -0.371 e. The van der Waals surface area contributed by atoms with Gasteiger partial charge in [0.05, 0.1) is 11.2 Å². The molecule has 1 aromatic rings. The zero-order valence-electron chi connectivity index (χ0n) is 10.2. The predicted octanol–water partition coefficient (Wildman–Crippen LogP) is 2.95. The average Bonchev–Trinajstić information content (AvgIpc) is 2.87. The molecule has 1 aliphatic carbocycles. The Balaban J connectivity index is 2.32. The van der Waals surface area contributed by atoms with E-state index < -0.39 is 0 Å². The highest BCUT2D eigenvalue weighted by atomic mass is 15.4. The van der Waals surface area contributed by atoms with Crippen LogP contribution in [0.4, 0.5) is 5.82 Å². The minimum absolute atomic E-state index is 0.0602. The van der Waals surface area contributed by atoms with Gasteiger partial charge in [-0.3, -0.25) is 0 Å². The monoisotopic (exact) mass is 207 g/mol. The summed E-state index contributed by atoms with van der Waals surface area (Å²) in [5, 5.41) is 8.10. The van der Waals surface area contributed by atoms with Gasteiger partial charge < -0.3 is 5.32 Å². The van der Waals surface area contributed by atoms with Crippen molar-refractivity contribution in [1.82, 2.24) is 9.78 Å². The molecule has 84 valence electrons. The quantitative estimate of drug-likeness (QED) is 0.826. The van der Waals surface area contributed by atoms with Crippen LogP contribution in [0.25, 0.3) is 0 Å². The summed E-state index contributed by atoms with van der Waals surface area (Å²) in [5.41, 5.74) is 1.32. The number of anilines is 1. The highest BCUT2D eigenvalue weighted by Gasteiger charge is 2.29. The number of aromatic nitrogens is 2. The van der Waals surface area contributed by atoms with E-state index in [1.165, 1.54) is 18.5 Å². The Morgan fingerprint density at radius 1 is 1.47 bits per heavy atom. The summed E-state index contributed by atoms with van der Waals surface area (Å²) in [5.74, 6) is 1.89. The first kappa shape index (κ1) is 10.5. The van der Waals surface area contributed by atoms with Gasteiger partial charge >= 0.3 is 0 Å². The summed E-state index contributed by atoms with van der Waals surface area (Å²) < 4.78 is 2.12. The maximum Gasteiger partial charge on any atom is 0.125 e. The first-order valence-corrected chi connectivity index (χ1v) is 5.86. The molecule has 3 nitrogen and oxygen atoms in total. The molecule has 1 N–H and O–H groups in total. The lowest BCUT2D eigenvalue weighted by Crippen LogP contribution is -2.25. The molecule has 0 aromatic carbocycles. The van der Waals surface area contributed by atoms with E-state index in [0.717, 1.165) is 18.3 Å². The molecular weight excluding hydrogens is 186 g/mol. The van der Waals surface area contributed by atoms with E-state index in [0.29, 0.717) is 0 Å². The van der Waals surface area contributed by atoms with Gasteiger partial charge in [0.25, 0.3) is 0 Å². The molecule has 0 unspecified atom stereocenters. The average molecular weight is 207 g/mol. The van der Waals surface area contributed by atoms with Gasteiger partial charge in [-0.25, -0.2) is 4.68 Å². The van der Waals surface area contributed by atoms with Crippen molar-refractivity contribution >= 4 is 5.82 Å². The van der Waals surface area contributed by atoms with Gasteiger partial charge in [-0.2, -0.15) is 5.10 Å². The Hall–Kier alpha value is -0.990. The Morgan fingerprint density at radius 2 is 2.13 bits per heavy atom. The van der Waals surface area contributed by atoms with Crippen LogP contribution < -0.4 is 5.32 Å². The first-order valence-electron chi connectivity index (χ1n) is 5.86. The molecule has 15 heavy (non-hydrogen) atoms. The number of hydrogen-bond donors (Lipinski definition) is 1. The molecule has 0 amide bonds. The molecule has 0 radical (unpaired) electrons. The maximum atomic E-state index is 4.72. The molecular formula is C12H21N3. The summed E-state index contributed by atoms with van der Waals surface area (Å²) in [6.45, 7) is 9.65. The third-order valence-electron chi connectivity index (χ3n) is 2.72. The lowest BCUT2D eigenvalue weighted by Gasteiger charge is -2.22. The molecule has 0 aliphatic heterocycles. The second-order valence-electron chi connectivity index (χ2n) is 5.34. The van der Waals surface area contributed by atoms with E-state index >= 15 is 0 Å². The predicted molar refractivity (Wildman–Crippen MR) is 63.4 cm³/mol. The fraction of sp³-hybridized carbons (Fsp3) is 0.750. The summed E-state index contributed by atoms with van der Waals surface area (Å²) in [6.07, 6.45) is 2.62. The zero-order chi connectivity index (χ0) is 11.1. The second kappa shape index (κ2) is 3.54. The Kier molecular flexibility index (Phi) is 2.49. The third-order valence-corrected chi connectivity index (χ3v) is 2.72. The van der Waals surface area contributed by atoms with Crippen molar-refractivity contribution in [2.45, 2.75) is 52.0 Å². The van der Waals surface area contributed by atoms with E-state index in [1.807, 2.05) is 0 Å². The van der Waals surface area contributed by atoms with Crippen molar-refractivity contribution in [1.29, 1.82) is 0 Å². The van der Waals surface area contributed by atoms with Crippen LogP contribution in [0.1, 0.15) is 52.1 Å². The summed E-state index contributed by atoms with van der Waals surface area (Å²) >= 11 is 0. The van der Waals surface area contributed by atoms with Gasteiger partial charge in [0.2, 0.25) is 0 Å². The van der Waals surface area contributed by atoms with Gasteiger partial charge in [0.15, 0.2) is 0 Å². The van der Waals surface area contributed by atoms with Gasteiger partial charge in [-0.05, 0) is 40.5 Å². The van der Waals surface area contributed by atoms with Crippen molar-refractivity contribution in [3.8, 4) is 0 Å². The Labute approximate surface area is 91.9 Å². The zero-order valence-corrected chi connectivity index (χ0v) is 10.2. The fourth-order valence-corrected chi connectivity index (χ4v) is 1.80. The maximum absolute atomic E-state index is 4.72. The molecule has 1 fully saturated rings. The van der Waals surface area contributed by atoms with Gasteiger partial charge in [0, 0.05) is 18.5 Å². The summed E-state index contributed by atoms with van der Waals surface area (Å²) in [4.78, 5) is 0. The second-order valence-corrected chi connectivity index (χ2v) is 5.34. The van der Waals surface area contributed by atoms with Crippen molar-refractivity contribution in [2.24, 2.45) is 0 Å². The highest BCUT2D eigenvalue weighted by molar-refractivity contribution is 5.40. The molecule has 0 atom stereocenters. The van der Waals surface area contributed by atoms with Crippen LogP contribution in [0.3, 0.4) is 0 Å². The van der Waals surface area contributed by atoms with Crippen LogP contribution in [0.5, 0.6) is 0 Å². The van der Waals surface area contributed by atoms with Crippen molar-refractivity contribution in [3.05, 3.63) is 11.8 Å². The Bertz CT molecular complexity index is 342. The van der Waals surface area contributed by atoms with Crippen LogP contribution in [0, 0.1) is 0 Å². The fourth-order valence-electron chi connectivity index (χ4n) is 1.80. The third kappa shape index (κ3) is 2.16. The van der Waals surface area contributed by atoms with E-state index in [-0.39, 0.29) is 5.54 Å². The lowest BCUT2D eigenvalue weighted by molar-refractivity contribution is 0.358. The molecule has 1 saturated carbocycles. The van der Waals surface area contributed by atoms with Crippen LogP contribution >= 0.6 is 0 Å². The molecule has 1 aromatic heterocycles. The molecule has 0 bridgehead atoms. The summed E-state index contributed by atoms with van der Waals surface area (Å²) in [7, 11) is 0. The normalized spacial score (nSPS) is 16.8. The number of nitrogens with zero attached hydrogens (tertiary/aromatic N) is 2. The van der Waals surface area contributed by atoms with Crippen LogP contribution in [-0.2, 0) is 5.54 Å². The summed E-state index contributed by atoms with van der Waals surface area (Å²) in [6, 6.07) is 2.21. The standard InChI is InChI=1S/C12H21N3/c1-5-13-11-8-10(9-6-7-9)14-15(11)12(2,3)4/h8-9,13H,5-7H2,1-4H3. The van der Waals surface area contributed by atoms with E-state index in [4.69, 9.17) is 5.10 Å².